The van der Waals surface area contributed by atoms with Crippen LogP contribution in [0.1, 0.15) is 36.8 Å². The second-order valence-corrected chi connectivity index (χ2v) is 7.11. The predicted molar refractivity (Wildman–Crippen MR) is 80.5 cm³/mol. The van der Waals surface area contributed by atoms with E-state index in [0.29, 0.717) is 17.7 Å². The molecule has 0 amide bonds. The molecule has 118 valence electrons. The second-order valence-electron chi connectivity index (χ2n) is 5.37. The maximum Gasteiger partial charge on any atom is 0.240 e. The van der Waals surface area contributed by atoms with Gasteiger partial charge in [0.1, 0.15) is 0 Å². The van der Waals surface area contributed by atoms with E-state index in [0.717, 1.165) is 12.8 Å². The van der Waals surface area contributed by atoms with Gasteiger partial charge in [-0.2, -0.15) is 0 Å². The Kier molecular flexibility index (Phi) is 5.75. The van der Waals surface area contributed by atoms with Crippen molar-refractivity contribution in [2.45, 2.75) is 50.2 Å². The van der Waals surface area contributed by atoms with Gasteiger partial charge in [0.05, 0.1) is 24.2 Å². The quantitative estimate of drug-likeness (QED) is 0.752. The minimum absolute atomic E-state index is 0.167. The van der Waals surface area contributed by atoms with E-state index in [1.54, 1.807) is 25.1 Å². The highest BCUT2D eigenvalue weighted by molar-refractivity contribution is 7.89. The molecule has 0 spiro atoms. The molecule has 6 heteroatoms. The molecule has 2 rings (SSSR count). The van der Waals surface area contributed by atoms with Crippen molar-refractivity contribution in [1.29, 1.82) is 0 Å². The molecule has 1 aromatic carbocycles. The van der Waals surface area contributed by atoms with Crippen LogP contribution in [0.15, 0.2) is 23.1 Å². The molecule has 1 aliphatic rings. The highest BCUT2D eigenvalue weighted by Crippen LogP contribution is 2.21. The molecule has 1 fully saturated rings. The molecular weight excluding hydrogens is 290 g/mol. The van der Waals surface area contributed by atoms with Crippen molar-refractivity contribution >= 4 is 10.0 Å². The topological polar surface area (TPSA) is 75.6 Å². The number of ether oxygens (including phenoxy) is 1. The number of benzene rings is 1. The lowest BCUT2D eigenvalue weighted by Crippen LogP contribution is -2.29. The average molecular weight is 313 g/mol. The molecule has 1 aromatic rings. The largest absolute Gasteiger partial charge is 0.392 e. The van der Waals surface area contributed by atoms with Gasteiger partial charge in [0.25, 0.3) is 0 Å². The number of hydrogen-bond acceptors (Lipinski definition) is 4. The summed E-state index contributed by atoms with van der Waals surface area (Å²) < 4.78 is 32.7. The summed E-state index contributed by atoms with van der Waals surface area (Å²) >= 11 is 0. The number of hydrogen-bond donors (Lipinski definition) is 2. The summed E-state index contributed by atoms with van der Waals surface area (Å²) in [7, 11) is -3.56. The Hall–Kier alpha value is -0.950. The zero-order valence-corrected chi connectivity index (χ0v) is 13.2. The first-order chi connectivity index (χ1) is 10.0. The third-order valence-electron chi connectivity index (χ3n) is 3.91. The molecule has 0 atom stereocenters. The van der Waals surface area contributed by atoms with E-state index < -0.39 is 10.0 Å². The highest BCUT2D eigenvalue weighted by Gasteiger charge is 2.19. The van der Waals surface area contributed by atoms with Gasteiger partial charge < -0.3 is 9.84 Å². The molecular formula is C15H23NO4S. The number of aliphatic hydroxyl groups excluding tert-OH is 1. The normalized spacial score (nSPS) is 16.5. The molecule has 0 heterocycles. The third kappa shape index (κ3) is 4.26. The van der Waals surface area contributed by atoms with Crippen molar-refractivity contribution in [2.75, 3.05) is 13.2 Å². The van der Waals surface area contributed by atoms with Gasteiger partial charge >= 0.3 is 0 Å². The van der Waals surface area contributed by atoms with Crippen LogP contribution in [-0.2, 0) is 21.4 Å². The lowest BCUT2D eigenvalue weighted by molar-refractivity contribution is 0.0626. The monoisotopic (exact) mass is 313 g/mol. The van der Waals surface area contributed by atoms with Crippen LogP contribution in [0, 0.1) is 6.92 Å². The standard InChI is InChI=1S/C15H23NO4S/c1-12-13(11-17)5-4-8-15(12)21(18,19)16-9-10-20-14-6-2-3-7-14/h4-5,8,14,16-17H,2-3,6-7,9-11H2,1H3. The van der Waals surface area contributed by atoms with Crippen molar-refractivity contribution in [3.63, 3.8) is 0 Å². The first-order valence-electron chi connectivity index (χ1n) is 7.35. The molecule has 2 N–H and O–H groups in total. The van der Waals surface area contributed by atoms with Gasteiger partial charge in [0, 0.05) is 6.54 Å². The molecule has 1 saturated carbocycles. The van der Waals surface area contributed by atoms with Crippen LogP contribution >= 0.6 is 0 Å². The first-order valence-corrected chi connectivity index (χ1v) is 8.83. The maximum absolute atomic E-state index is 12.3. The fourth-order valence-electron chi connectivity index (χ4n) is 2.66. The zero-order valence-electron chi connectivity index (χ0n) is 12.3. The summed E-state index contributed by atoms with van der Waals surface area (Å²) in [6, 6.07) is 4.91. The van der Waals surface area contributed by atoms with Gasteiger partial charge in [-0.1, -0.05) is 25.0 Å². The number of sulfonamides is 1. The van der Waals surface area contributed by atoms with E-state index in [9.17, 15) is 13.5 Å². The van der Waals surface area contributed by atoms with E-state index in [4.69, 9.17) is 4.74 Å². The van der Waals surface area contributed by atoms with E-state index in [1.165, 1.54) is 12.8 Å². The Balaban J connectivity index is 1.92. The Labute approximate surface area is 126 Å². The van der Waals surface area contributed by atoms with Gasteiger partial charge in [0.2, 0.25) is 10.0 Å². The van der Waals surface area contributed by atoms with Crippen LogP contribution in [0.4, 0.5) is 0 Å². The Morgan fingerprint density at radius 3 is 2.71 bits per heavy atom. The molecule has 0 unspecified atom stereocenters. The second kappa shape index (κ2) is 7.35. The van der Waals surface area contributed by atoms with Crippen LogP contribution < -0.4 is 4.72 Å². The summed E-state index contributed by atoms with van der Waals surface area (Å²) in [5.74, 6) is 0. The third-order valence-corrected chi connectivity index (χ3v) is 5.51. The molecule has 1 aliphatic carbocycles. The Morgan fingerprint density at radius 2 is 2.05 bits per heavy atom. The van der Waals surface area contributed by atoms with Crippen molar-refractivity contribution in [3.05, 3.63) is 29.3 Å². The van der Waals surface area contributed by atoms with E-state index >= 15 is 0 Å². The fourth-order valence-corrected chi connectivity index (χ4v) is 3.96. The molecule has 0 saturated heterocycles. The highest BCUT2D eigenvalue weighted by atomic mass is 32.2. The lowest BCUT2D eigenvalue weighted by Gasteiger charge is -2.13. The number of rotatable bonds is 7. The Morgan fingerprint density at radius 1 is 1.33 bits per heavy atom. The van der Waals surface area contributed by atoms with Crippen molar-refractivity contribution in [1.82, 2.24) is 4.72 Å². The predicted octanol–water partition coefficient (Wildman–Crippen LogP) is 1.72. The smallest absolute Gasteiger partial charge is 0.240 e. The molecule has 0 radical (unpaired) electrons. The molecule has 21 heavy (non-hydrogen) atoms. The van der Waals surface area contributed by atoms with Crippen LogP contribution in [0.3, 0.4) is 0 Å². The fraction of sp³-hybridized carbons (Fsp3) is 0.600. The van der Waals surface area contributed by atoms with Crippen LogP contribution in [0.5, 0.6) is 0 Å². The maximum atomic E-state index is 12.3. The number of aliphatic hydroxyl groups is 1. The van der Waals surface area contributed by atoms with Crippen molar-refractivity contribution in [2.24, 2.45) is 0 Å². The van der Waals surface area contributed by atoms with E-state index in [1.807, 2.05) is 0 Å². The summed E-state index contributed by atoms with van der Waals surface area (Å²) in [6.07, 6.45) is 4.83. The number of nitrogens with one attached hydrogen (secondary N) is 1. The summed E-state index contributed by atoms with van der Waals surface area (Å²) in [6.45, 7) is 2.19. The summed E-state index contributed by atoms with van der Waals surface area (Å²) in [5, 5.41) is 9.21. The molecule has 0 aromatic heterocycles. The summed E-state index contributed by atoms with van der Waals surface area (Å²) in [4.78, 5) is 0.218. The minimum Gasteiger partial charge on any atom is -0.392 e. The SMILES string of the molecule is Cc1c(CO)cccc1S(=O)(=O)NCCOC1CCCC1. The lowest BCUT2D eigenvalue weighted by atomic mass is 10.1. The zero-order chi connectivity index (χ0) is 15.3. The van der Waals surface area contributed by atoms with E-state index in [-0.39, 0.29) is 24.2 Å². The molecule has 0 bridgehead atoms. The average Bonchev–Trinajstić information content (AvgIpc) is 2.97. The van der Waals surface area contributed by atoms with Gasteiger partial charge in [-0.25, -0.2) is 13.1 Å². The molecule has 5 nitrogen and oxygen atoms in total. The van der Waals surface area contributed by atoms with Gasteiger partial charge in [-0.15, -0.1) is 0 Å². The van der Waals surface area contributed by atoms with Gasteiger partial charge in [-0.05, 0) is 37.0 Å². The Bertz CT molecular complexity index is 565. The van der Waals surface area contributed by atoms with Crippen molar-refractivity contribution < 1.29 is 18.3 Å². The van der Waals surface area contributed by atoms with E-state index in [2.05, 4.69) is 4.72 Å². The van der Waals surface area contributed by atoms with Gasteiger partial charge in [-0.3, -0.25) is 0 Å². The first kappa shape index (κ1) is 16.4. The van der Waals surface area contributed by atoms with Crippen LogP contribution in [0.25, 0.3) is 0 Å². The summed E-state index contributed by atoms with van der Waals surface area (Å²) in [5.41, 5.74) is 1.21. The molecule has 0 aliphatic heterocycles. The minimum atomic E-state index is -3.56. The van der Waals surface area contributed by atoms with Crippen LogP contribution in [0.2, 0.25) is 0 Å². The van der Waals surface area contributed by atoms with Crippen LogP contribution in [-0.4, -0.2) is 32.8 Å². The van der Waals surface area contributed by atoms with Crippen molar-refractivity contribution in [3.8, 4) is 0 Å². The van der Waals surface area contributed by atoms with Gasteiger partial charge in [0.15, 0.2) is 0 Å².